The van der Waals surface area contributed by atoms with E-state index in [0.717, 1.165) is 44.4 Å². The lowest BCUT2D eigenvalue weighted by molar-refractivity contribution is -0.136. The first-order valence-electron chi connectivity index (χ1n) is 12.6. The Morgan fingerprint density at radius 1 is 1.05 bits per heavy atom. The fourth-order valence-electron chi connectivity index (χ4n) is 4.29. The van der Waals surface area contributed by atoms with Gasteiger partial charge >= 0.3 is 5.97 Å². The number of rotatable bonds is 12. The molecule has 3 heterocycles. The van der Waals surface area contributed by atoms with Gasteiger partial charge in [-0.2, -0.15) is 0 Å². The molecule has 0 aliphatic rings. The van der Waals surface area contributed by atoms with Crippen LogP contribution in [-0.2, 0) is 24.4 Å². The molecule has 5 rings (SSSR count). The lowest BCUT2D eigenvalue weighted by atomic mass is 10.0. The highest BCUT2D eigenvalue weighted by atomic mass is 32.1. The fourth-order valence-corrected chi connectivity index (χ4v) is 5.05. The maximum absolute atomic E-state index is 11.2. The van der Waals surface area contributed by atoms with Gasteiger partial charge in [0.25, 0.3) is 0 Å². The predicted octanol–water partition coefficient (Wildman–Crippen LogP) is 6.11. The zero-order valence-corrected chi connectivity index (χ0v) is 22.3. The average Bonchev–Trinajstić information content (AvgIpc) is 3.59. The van der Waals surface area contributed by atoms with Crippen molar-refractivity contribution < 1.29 is 19.4 Å². The van der Waals surface area contributed by atoms with Gasteiger partial charge in [-0.25, -0.2) is 4.98 Å². The van der Waals surface area contributed by atoms with Gasteiger partial charge in [-0.15, -0.1) is 11.3 Å². The molecular formula is C30H28N4O4S. The third-order valence-electron chi connectivity index (χ3n) is 5.99. The normalized spacial score (nSPS) is 10.9. The summed E-state index contributed by atoms with van der Waals surface area (Å²) < 4.78 is 14.0. The molecule has 9 heteroatoms. The third-order valence-corrected chi connectivity index (χ3v) is 6.91. The molecule has 198 valence electrons. The number of nitrogens with zero attached hydrogens (tertiary/aromatic N) is 4. The molecule has 3 aromatic heterocycles. The second-order valence-electron chi connectivity index (χ2n) is 8.90. The van der Waals surface area contributed by atoms with E-state index in [1.54, 1.807) is 18.6 Å². The highest BCUT2D eigenvalue weighted by molar-refractivity contribution is 7.13. The molecule has 5 aromatic rings. The largest absolute Gasteiger partial charge is 0.494 e. The van der Waals surface area contributed by atoms with Crippen molar-refractivity contribution in [3.63, 3.8) is 0 Å². The summed E-state index contributed by atoms with van der Waals surface area (Å²) in [4.78, 5) is 24.3. The Kier molecular flexibility index (Phi) is 8.28. The summed E-state index contributed by atoms with van der Waals surface area (Å²) in [7, 11) is 0. The van der Waals surface area contributed by atoms with Gasteiger partial charge in [0.2, 0.25) is 0 Å². The standard InChI is InChI=1S/C30H28N4O4S/c1-2-37-25-12-21(13-26(14-25)38-19-24-20-39-30(33-24)28-15-31-10-11-32-28)16-34-17-23(8-9-29(35)36)27(18-34)22-6-4-3-5-7-22/h3-7,10-15,17-18,20H,2,8-9,16,19H2,1H3,(H,35,36). The van der Waals surface area contributed by atoms with Crippen LogP contribution in [-0.4, -0.2) is 37.2 Å². The second-order valence-corrected chi connectivity index (χ2v) is 9.76. The zero-order chi connectivity index (χ0) is 27.0. The fraction of sp³-hybridized carbons (Fsp3) is 0.200. The molecule has 1 N–H and O–H groups in total. The van der Waals surface area contributed by atoms with E-state index in [1.807, 2.05) is 67.0 Å². The van der Waals surface area contributed by atoms with Crippen molar-refractivity contribution in [3.05, 3.63) is 102 Å². The lowest BCUT2D eigenvalue weighted by Crippen LogP contribution is -2.02. The number of hydrogen-bond donors (Lipinski definition) is 1. The molecule has 0 aliphatic carbocycles. The lowest BCUT2D eigenvalue weighted by Gasteiger charge is -2.12. The minimum atomic E-state index is -0.808. The number of aromatic nitrogens is 4. The first kappa shape index (κ1) is 26.1. The van der Waals surface area contributed by atoms with E-state index < -0.39 is 5.97 Å². The second kappa shape index (κ2) is 12.4. The molecule has 0 spiro atoms. The molecule has 0 saturated heterocycles. The van der Waals surface area contributed by atoms with Crippen molar-refractivity contribution in [2.75, 3.05) is 6.61 Å². The van der Waals surface area contributed by atoms with Crippen LogP contribution in [0.15, 0.2) is 84.9 Å². The first-order chi connectivity index (χ1) is 19.1. The maximum atomic E-state index is 11.2. The summed E-state index contributed by atoms with van der Waals surface area (Å²) in [6, 6.07) is 15.9. The molecule has 0 saturated carbocycles. The minimum absolute atomic E-state index is 0.0802. The summed E-state index contributed by atoms with van der Waals surface area (Å²) in [5.41, 5.74) is 5.66. The van der Waals surface area contributed by atoms with E-state index in [4.69, 9.17) is 9.47 Å². The van der Waals surface area contributed by atoms with Crippen LogP contribution in [0.25, 0.3) is 21.8 Å². The maximum Gasteiger partial charge on any atom is 0.303 e. The quantitative estimate of drug-likeness (QED) is 0.204. The Hall–Kier alpha value is -4.50. The number of benzene rings is 2. The summed E-state index contributed by atoms with van der Waals surface area (Å²) >= 11 is 1.50. The molecule has 0 radical (unpaired) electrons. The Balaban J connectivity index is 1.35. The first-order valence-corrected chi connectivity index (χ1v) is 13.5. The van der Waals surface area contributed by atoms with Gasteiger partial charge in [-0.3, -0.25) is 14.8 Å². The van der Waals surface area contributed by atoms with Crippen molar-refractivity contribution in [2.45, 2.75) is 32.9 Å². The molecule has 39 heavy (non-hydrogen) atoms. The highest BCUT2D eigenvalue weighted by Gasteiger charge is 2.13. The van der Waals surface area contributed by atoms with Crippen molar-refractivity contribution in [3.8, 4) is 33.3 Å². The Bertz CT molecular complexity index is 1530. The van der Waals surface area contributed by atoms with Gasteiger partial charge in [0.1, 0.15) is 28.8 Å². The topological polar surface area (TPSA) is 99.4 Å². The van der Waals surface area contributed by atoms with Crippen molar-refractivity contribution in [1.82, 2.24) is 19.5 Å². The number of thiazole rings is 1. The van der Waals surface area contributed by atoms with Crippen LogP contribution in [0.5, 0.6) is 11.5 Å². The van der Waals surface area contributed by atoms with Crippen LogP contribution in [0.3, 0.4) is 0 Å². The highest BCUT2D eigenvalue weighted by Crippen LogP contribution is 2.29. The Labute approximate surface area is 230 Å². The smallest absolute Gasteiger partial charge is 0.303 e. The molecule has 8 nitrogen and oxygen atoms in total. The average molecular weight is 541 g/mol. The van der Waals surface area contributed by atoms with Crippen molar-refractivity contribution in [1.29, 1.82) is 0 Å². The number of carboxylic acids is 1. The number of hydrogen-bond acceptors (Lipinski definition) is 7. The van der Waals surface area contributed by atoms with Crippen molar-refractivity contribution in [2.24, 2.45) is 0 Å². The summed E-state index contributed by atoms with van der Waals surface area (Å²) in [5, 5.41) is 12.0. The van der Waals surface area contributed by atoms with Crippen molar-refractivity contribution >= 4 is 17.3 Å². The third kappa shape index (κ3) is 6.88. The van der Waals surface area contributed by atoms with Gasteiger partial charge in [-0.1, -0.05) is 30.3 Å². The van der Waals surface area contributed by atoms with Gasteiger partial charge in [-0.05, 0) is 42.2 Å². The van der Waals surface area contributed by atoms with Crippen LogP contribution in [0.2, 0.25) is 0 Å². The number of carboxylic acid groups (broad SMARTS) is 1. The number of aliphatic carboxylic acids is 1. The Morgan fingerprint density at radius 2 is 1.87 bits per heavy atom. The van der Waals surface area contributed by atoms with Gasteiger partial charge in [0.15, 0.2) is 0 Å². The van der Waals surface area contributed by atoms with Gasteiger partial charge < -0.3 is 19.1 Å². The van der Waals surface area contributed by atoms with E-state index in [2.05, 4.69) is 25.7 Å². The summed E-state index contributed by atoms with van der Waals surface area (Å²) in [5.74, 6) is 0.605. The summed E-state index contributed by atoms with van der Waals surface area (Å²) in [6.45, 7) is 3.38. The van der Waals surface area contributed by atoms with Gasteiger partial charge in [0, 0.05) is 54.8 Å². The van der Waals surface area contributed by atoms with E-state index >= 15 is 0 Å². The van der Waals surface area contributed by atoms with E-state index in [9.17, 15) is 9.90 Å². The number of ether oxygens (including phenoxy) is 2. The minimum Gasteiger partial charge on any atom is -0.494 e. The number of aryl methyl sites for hydroxylation is 1. The van der Waals surface area contributed by atoms with Crippen LogP contribution in [0.4, 0.5) is 0 Å². The van der Waals surface area contributed by atoms with E-state index in [-0.39, 0.29) is 6.42 Å². The van der Waals surface area contributed by atoms with Crippen LogP contribution < -0.4 is 9.47 Å². The molecule has 0 unspecified atom stereocenters. The van der Waals surface area contributed by atoms with E-state index in [0.29, 0.717) is 31.9 Å². The Morgan fingerprint density at radius 3 is 2.62 bits per heavy atom. The molecular weight excluding hydrogens is 512 g/mol. The monoisotopic (exact) mass is 540 g/mol. The van der Waals surface area contributed by atoms with E-state index in [1.165, 1.54) is 11.3 Å². The zero-order valence-electron chi connectivity index (χ0n) is 21.5. The van der Waals surface area contributed by atoms with Crippen LogP contribution in [0.1, 0.15) is 30.2 Å². The summed E-state index contributed by atoms with van der Waals surface area (Å²) in [6.07, 6.45) is 9.62. The SMILES string of the molecule is CCOc1cc(Cn2cc(CCC(=O)O)c(-c3ccccc3)c2)cc(OCc2csc(-c3cnccn3)n2)c1. The molecule has 0 bridgehead atoms. The van der Waals surface area contributed by atoms with Gasteiger partial charge in [0.05, 0.1) is 18.5 Å². The van der Waals surface area contributed by atoms with Crippen LogP contribution in [0, 0.1) is 0 Å². The molecule has 0 aliphatic heterocycles. The number of carbonyl (C=O) groups is 1. The molecule has 0 amide bonds. The molecule has 2 aromatic carbocycles. The molecule has 0 fully saturated rings. The van der Waals surface area contributed by atoms with Crippen LogP contribution >= 0.6 is 11.3 Å². The predicted molar refractivity (Wildman–Crippen MR) is 150 cm³/mol. The molecule has 0 atom stereocenters.